The average Bonchev–Trinajstić information content (AvgIpc) is 2.30. The Morgan fingerprint density at radius 2 is 2.00 bits per heavy atom. The van der Waals surface area contributed by atoms with Gasteiger partial charge in [0.15, 0.2) is 17.5 Å². The molecule has 0 radical (unpaired) electrons. The van der Waals surface area contributed by atoms with Crippen LogP contribution in [0.25, 0.3) is 0 Å². The molecule has 94 valence electrons. The minimum absolute atomic E-state index is 0.314. The Kier molecular flexibility index (Phi) is 4.51. The van der Waals surface area contributed by atoms with Crippen molar-refractivity contribution in [2.24, 2.45) is 11.7 Å². The highest BCUT2D eigenvalue weighted by Gasteiger charge is 2.17. The number of hydrogen-bond acceptors (Lipinski definition) is 2. The summed E-state index contributed by atoms with van der Waals surface area (Å²) in [4.78, 5) is 11.5. The molecular weight excluding hydrogens is 233 g/mol. The molecular formula is C11H13F3N2O. The van der Waals surface area contributed by atoms with Crippen molar-refractivity contribution in [2.45, 2.75) is 13.3 Å². The maximum absolute atomic E-state index is 13.2. The second kappa shape index (κ2) is 5.67. The van der Waals surface area contributed by atoms with Gasteiger partial charge in [0, 0.05) is 5.92 Å². The number of anilines is 1. The molecule has 0 fully saturated rings. The van der Waals surface area contributed by atoms with E-state index in [1.54, 1.807) is 6.92 Å². The predicted octanol–water partition coefficient (Wildman–Crippen LogP) is 2.03. The highest BCUT2D eigenvalue weighted by molar-refractivity contribution is 5.92. The fraction of sp³-hybridized carbons (Fsp3) is 0.364. The van der Waals surface area contributed by atoms with Crippen molar-refractivity contribution in [3.05, 3.63) is 29.6 Å². The van der Waals surface area contributed by atoms with E-state index in [9.17, 15) is 18.0 Å². The van der Waals surface area contributed by atoms with Crippen molar-refractivity contribution in [1.29, 1.82) is 0 Å². The van der Waals surface area contributed by atoms with Crippen LogP contribution >= 0.6 is 0 Å². The maximum Gasteiger partial charge on any atom is 0.227 e. The van der Waals surface area contributed by atoms with Crippen molar-refractivity contribution in [3.63, 3.8) is 0 Å². The second-order valence-electron chi connectivity index (χ2n) is 3.69. The zero-order chi connectivity index (χ0) is 13.0. The first-order valence-corrected chi connectivity index (χ1v) is 5.11. The fourth-order valence-corrected chi connectivity index (χ4v) is 1.26. The number of rotatable bonds is 4. The molecule has 0 spiro atoms. The Balaban J connectivity index is 2.82. The zero-order valence-corrected chi connectivity index (χ0v) is 9.27. The van der Waals surface area contributed by atoms with Gasteiger partial charge < -0.3 is 11.1 Å². The van der Waals surface area contributed by atoms with Crippen LogP contribution in [0.3, 0.4) is 0 Å². The molecule has 0 aliphatic carbocycles. The summed E-state index contributed by atoms with van der Waals surface area (Å²) in [6, 6.07) is 1.72. The van der Waals surface area contributed by atoms with Crippen LogP contribution in [-0.4, -0.2) is 12.5 Å². The van der Waals surface area contributed by atoms with Gasteiger partial charge in [-0.3, -0.25) is 4.79 Å². The van der Waals surface area contributed by atoms with E-state index < -0.39 is 29.3 Å². The van der Waals surface area contributed by atoms with E-state index in [1.807, 2.05) is 0 Å². The number of hydrogen-bond donors (Lipinski definition) is 2. The summed E-state index contributed by atoms with van der Waals surface area (Å²) >= 11 is 0. The van der Waals surface area contributed by atoms with Gasteiger partial charge in [-0.15, -0.1) is 0 Å². The molecule has 0 aromatic heterocycles. The molecule has 6 heteroatoms. The summed E-state index contributed by atoms with van der Waals surface area (Å²) in [7, 11) is 0. The first-order chi connectivity index (χ1) is 7.97. The third-order valence-corrected chi connectivity index (χ3v) is 2.34. The lowest BCUT2D eigenvalue weighted by Crippen LogP contribution is -2.23. The molecule has 1 unspecified atom stereocenters. The summed E-state index contributed by atoms with van der Waals surface area (Å²) in [5.41, 5.74) is 4.89. The van der Waals surface area contributed by atoms with Crippen molar-refractivity contribution in [3.8, 4) is 0 Å². The van der Waals surface area contributed by atoms with E-state index in [0.29, 0.717) is 13.0 Å². The Morgan fingerprint density at radius 3 is 2.59 bits per heavy atom. The summed E-state index contributed by atoms with van der Waals surface area (Å²) in [5, 5.41) is 2.19. The topological polar surface area (TPSA) is 55.1 Å². The van der Waals surface area contributed by atoms with Gasteiger partial charge in [0.05, 0.1) is 5.69 Å². The summed E-state index contributed by atoms with van der Waals surface area (Å²) in [5.74, 6) is -5.21. The minimum Gasteiger partial charge on any atom is -0.330 e. The van der Waals surface area contributed by atoms with Crippen molar-refractivity contribution >= 4 is 11.6 Å². The van der Waals surface area contributed by atoms with Gasteiger partial charge in [0.1, 0.15) is 0 Å². The Morgan fingerprint density at radius 1 is 1.35 bits per heavy atom. The van der Waals surface area contributed by atoms with E-state index >= 15 is 0 Å². The van der Waals surface area contributed by atoms with E-state index in [2.05, 4.69) is 5.32 Å². The monoisotopic (exact) mass is 246 g/mol. The van der Waals surface area contributed by atoms with Gasteiger partial charge in [-0.2, -0.15) is 0 Å². The van der Waals surface area contributed by atoms with Crippen molar-refractivity contribution < 1.29 is 18.0 Å². The molecule has 1 rings (SSSR count). The second-order valence-corrected chi connectivity index (χ2v) is 3.69. The minimum atomic E-state index is -1.60. The molecule has 0 aliphatic heterocycles. The fourth-order valence-electron chi connectivity index (χ4n) is 1.26. The van der Waals surface area contributed by atoms with Gasteiger partial charge in [0.2, 0.25) is 5.91 Å². The summed E-state index contributed by atoms with van der Waals surface area (Å²) in [6.45, 7) is 1.93. The predicted molar refractivity (Wildman–Crippen MR) is 57.8 cm³/mol. The SMILES string of the molecule is CC(CCN)C(=O)Nc1ccc(F)c(F)c1F. The number of nitrogens with one attached hydrogen (secondary N) is 1. The van der Waals surface area contributed by atoms with E-state index in [4.69, 9.17) is 5.73 Å². The first-order valence-electron chi connectivity index (χ1n) is 5.11. The first kappa shape index (κ1) is 13.5. The van der Waals surface area contributed by atoms with E-state index in [1.165, 1.54) is 0 Å². The van der Waals surface area contributed by atoms with Crippen molar-refractivity contribution in [1.82, 2.24) is 0 Å². The van der Waals surface area contributed by atoms with Crippen LogP contribution in [0.5, 0.6) is 0 Å². The van der Waals surface area contributed by atoms with Crippen LogP contribution in [0.4, 0.5) is 18.9 Å². The van der Waals surface area contributed by atoms with Gasteiger partial charge in [0.25, 0.3) is 0 Å². The molecule has 0 saturated carbocycles. The van der Waals surface area contributed by atoms with E-state index in [-0.39, 0.29) is 5.69 Å². The molecule has 3 N–H and O–H groups in total. The molecule has 1 aromatic carbocycles. The van der Waals surface area contributed by atoms with Crippen LogP contribution in [0.15, 0.2) is 12.1 Å². The van der Waals surface area contributed by atoms with Crippen LogP contribution in [-0.2, 0) is 4.79 Å². The normalized spacial score (nSPS) is 12.3. The lowest BCUT2D eigenvalue weighted by atomic mass is 10.1. The molecule has 3 nitrogen and oxygen atoms in total. The average molecular weight is 246 g/mol. The number of carbonyl (C=O) groups excluding carboxylic acids is 1. The quantitative estimate of drug-likeness (QED) is 0.798. The van der Waals surface area contributed by atoms with E-state index in [0.717, 1.165) is 12.1 Å². The van der Waals surface area contributed by atoms with Gasteiger partial charge in [-0.1, -0.05) is 6.92 Å². The lowest BCUT2D eigenvalue weighted by molar-refractivity contribution is -0.119. The molecule has 0 bridgehead atoms. The summed E-state index contributed by atoms with van der Waals surface area (Å²) in [6.07, 6.45) is 0.428. The number of halogens is 3. The highest BCUT2D eigenvalue weighted by atomic mass is 19.2. The summed E-state index contributed by atoms with van der Waals surface area (Å²) < 4.78 is 38.7. The van der Waals surface area contributed by atoms with Crippen LogP contribution in [0.1, 0.15) is 13.3 Å². The molecule has 0 saturated heterocycles. The Hall–Kier alpha value is -1.56. The molecule has 1 aromatic rings. The third kappa shape index (κ3) is 3.20. The number of amides is 1. The number of benzene rings is 1. The lowest BCUT2D eigenvalue weighted by Gasteiger charge is -2.11. The smallest absolute Gasteiger partial charge is 0.227 e. The largest absolute Gasteiger partial charge is 0.330 e. The molecule has 1 atom stereocenters. The van der Waals surface area contributed by atoms with Crippen LogP contribution in [0.2, 0.25) is 0 Å². The van der Waals surface area contributed by atoms with Crippen LogP contribution < -0.4 is 11.1 Å². The number of carbonyl (C=O) groups is 1. The molecule has 17 heavy (non-hydrogen) atoms. The van der Waals surface area contributed by atoms with Gasteiger partial charge >= 0.3 is 0 Å². The van der Waals surface area contributed by atoms with Gasteiger partial charge in [-0.05, 0) is 25.1 Å². The zero-order valence-electron chi connectivity index (χ0n) is 9.27. The standard InChI is InChI=1S/C11H13F3N2O/c1-6(4-5-15)11(17)16-8-3-2-7(12)9(13)10(8)14/h2-3,6H,4-5,15H2,1H3,(H,16,17). The Bertz CT molecular complexity index is 423. The maximum atomic E-state index is 13.2. The number of nitrogens with two attached hydrogens (primary N) is 1. The Labute approximate surface area is 96.8 Å². The molecule has 1 amide bonds. The van der Waals surface area contributed by atoms with Crippen LogP contribution in [0, 0.1) is 23.4 Å². The van der Waals surface area contributed by atoms with Gasteiger partial charge in [-0.25, -0.2) is 13.2 Å². The molecule has 0 heterocycles. The third-order valence-electron chi connectivity index (χ3n) is 2.34. The molecule has 0 aliphatic rings. The van der Waals surface area contributed by atoms with Crippen molar-refractivity contribution in [2.75, 3.05) is 11.9 Å². The highest BCUT2D eigenvalue weighted by Crippen LogP contribution is 2.20.